The third kappa shape index (κ3) is 1.70. The quantitative estimate of drug-likeness (QED) is 0.667. The molecule has 0 unspecified atom stereocenters. The van der Waals surface area contributed by atoms with Crippen LogP contribution < -0.4 is 5.32 Å². The van der Waals surface area contributed by atoms with Gasteiger partial charge in [0, 0.05) is 25.3 Å². The highest BCUT2D eigenvalue weighted by atomic mass is 15.1. The highest BCUT2D eigenvalue weighted by molar-refractivity contribution is 5.56. The van der Waals surface area contributed by atoms with Crippen LogP contribution in [0.1, 0.15) is 11.1 Å². The van der Waals surface area contributed by atoms with Gasteiger partial charge in [0.15, 0.2) is 0 Å². The summed E-state index contributed by atoms with van der Waals surface area (Å²) in [6.07, 6.45) is 0. The molecule has 14 heavy (non-hydrogen) atoms. The van der Waals surface area contributed by atoms with Crippen LogP contribution in [0.2, 0.25) is 0 Å². The number of hydrogen-bond acceptors (Lipinski definition) is 3. The molecule has 1 N–H and O–H groups in total. The van der Waals surface area contributed by atoms with Crippen molar-refractivity contribution >= 4 is 5.69 Å². The van der Waals surface area contributed by atoms with Gasteiger partial charge in [0.05, 0.1) is 11.6 Å². The summed E-state index contributed by atoms with van der Waals surface area (Å²) < 4.78 is 0. The number of nitrogens with zero attached hydrogens (tertiary/aromatic N) is 2. The van der Waals surface area contributed by atoms with Crippen LogP contribution in [-0.2, 0) is 6.54 Å². The lowest BCUT2D eigenvalue weighted by Gasteiger charge is -2.12. The molecule has 0 bridgehead atoms. The molecule has 72 valence electrons. The van der Waals surface area contributed by atoms with Crippen LogP contribution >= 0.6 is 0 Å². The van der Waals surface area contributed by atoms with Crippen molar-refractivity contribution in [3.8, 4) is 6.07 Å². The van der Waals surface area contributed by atoms with E-state index in [-0.39, 0.29) is 0 Å². The molecule has 0 saturated carbocycles. The Balaban J connectivity index is 2.37. The highest BCUT2D eigenvalue weighted by Gasteiger charge is 2.10. The molecule has 0 radical (unpaired) electrons. The first-order valence-electron chi connectivity index (χ1n) is 4.75. The smallest absolute Gasteiger partial charge is 0.0992 e. The second-order valence-corrected chi connectivity index (χ2v) is 3.65. The zero-order chi connectivity index (χ0) is 9.97. The monoisotopic (exact) mass is 187 g/mol. The molecular weight excluding hydrogens is 174 g/mol. The number of nitrogens with one attached hydrogen (secondary N) is 1. The Labute approximate surface area is 84.0 Å². The Morgan fingerprint density at radius 3 is 3.14 bits per heavy atom. The number of nitriles is 1. The van der Waals surface area contributed by atoms with Crippen molar-refractivity contribution in [1.82, 2.24) is 4.90 Å². The van der Waals surface area contributed by atoms with E-state index in [0.29, 0.717) is 0 Å². The van der Waals surface area contributed by atoms with Crippen molar-refractivity contribution in [2.45, 2.75) is 6.54 Å². The lowest BCUT2D eigenvalue weighted by Crippen LogP contribution is -2.20. The summed E-state index contributed by atoms with van der Waals surface area (Å²) in [6.45, 7) is 2.93. The number of likely N-dealkylation sites (N-methyl/N-ethyl adjacent to an activating group) is 1. The van der Waals surface area contributed by atoms with Crippen molar-refractivity contribution in [3.63, 3.8) is 0 Å². The second-order valence-electron chi connectivity index (χ2n) is 3.65. The fourth-order valence-electron chi connectivity index (χ4n) is 1.70. The molecule has 1 aromatic carbocycles. The average molecular weight is 187 g/mol. The first-order chi connectivity index (χ1) is 6.79. The van der Waals surface area contributed by atoms with E-state index in [4.69, 9.17) is 5.26 Å². The van der Waals surface area contributed by atoms with E-state index < -0.39 is 0 Å². The minimum atomic E-state index is 0.723. The van der Waals surface area contributed by atoms with Crippen molar-refractivity contribution in [2.24, 2.45) is 0 Å². The number of rotatable bonds is 0. The molecule has 1 heterocycles. The summed E-state index contributed by atoms with van der Waals surface area (Å²) in [7, 11) is 2.11. The standard InChI is InChI=1S/C11H13N3/c1-14-5-4-13-11-6-9(7-12)2-3-10(11)8-14/h2-3,6,13H,4-5,8H2,1H3. The molecule has 0 saturated heterocycles. The largest absolute Gasteiger partial charge is 0.383 e. The normalized spacial score (nSPS) is 16.3. The third-order valence-corrected chi connectivity index (χ3v) is 2.49. The fourth-order valence-corrected chi connectivity index (χ4v) is 1.70. The second kappa shape index (κ2) is 3.69. The van der Waals surface area contributed by atoms with Gasteiger partial charge in [-0.25, -0.2) is 0 Å². The third-order valence-electron chi connectivity index (χ3n) is 2.49. The Morgan fingerprint density at radius 1 is 1.50 bits per heavy atom. The topological polar surface area (TPSA) is 39.1 Å². The Morgan fingerprint density at radius 2 is 2.36 bits per heavy atom. The molecule has 3 heteroatoms. The zero-order valence-corrected chi connectivity index (χ0v) is 8.25. The van der Waals surface area contributed by atoms with Gasteiger partial charge in [0.2, 0.25) is 0 Å². The van der Waals surface area contributed by atoms with Crippen molar-refractivity contribution in [2.75, 3.05) is 25.5 Å². The van der Waals surface area contributed by atoms with Gasteiger partial charge < -0.3 is 10.2 Å². The van der Waals surface area contributed by atoms with E-state index >= 15 is 0 Å². The van der Waals surface area contributed by atoms with E-state index in [1.807, 2.05) is 18.2 Å². The minimum Gasteiger partial charge on any atom is -0.383 e. The van der Waals surface area contributed by atoms with Gasteiger partial charge in [-0.3, -0.25) is 0 Å². The Kier molecular flexibility index (Phi) is 2.38. The van der Waals surface area contributed by atoms with E-state index in [9.17, 15) is 0 Å². The zero-order valence-electron chi connectivity index (χ0n) is 8.25. The molecule has 3 nitrogen and oxygen atoms in total. The van der Waals surface area contributed by atoms with Gasteiger partial charge in [-0.1, -0.05) is 6.07 Å². The number of hydrogen-bond donors (Lipinski definition) is 1. The van der Waals surface area contributed by atoms with E-state index in [1.54, 1.807) is 0 Å². The summed E-state index contributed by atoms with van der Waals surface area (Å²) in [5.74, 6) is 0. The van der Waals surface area contributed by atoms with E-state index in [0.717, 1.165) is 30.9 Å². The molecule has 2 rings (SSSR count). The molecule has 0 atom stereocenters. The molecule has 0 amide bonds. The number of fused-ring (bicyclic) bond motifs is 1. The summed E-state index contributed by atoms with van der Waals surface area (Å²) in [6, 6.07) is 7.99. The molecule has 0 aromatic heterocycles. The maximum atomic E-state index is 8.77. The van der Waals surface area contributed by atoms with Gasteiger partial charge in [-0.05, 0) is 24.7 Å². The van der Waals surface area contributed by atoms with Gasteiger partial charge in [0.25, 0.3) is 0 Å². The van der Waals surface area contributed by atoms with Crippen LogP contribution in [0, 0.1) is 11.3 Å². The summed E-state index contributed by atoms with van der Waals surface area (Å²) >= 11 is 0. The highest BCUT2D eigenvalue weighted by Crippen LogP contribution is 2.20. The molecular formula is C11H13N3. The fraction of sp³-hybridized carbons (Fsp3) is 0.364. The number of benzene rings is 1. The molecule has 1 aliphatic rings. The van der Waals surface area contributed by atoms with Crippen LogP contribution in [0.5, 0.6) is 0 Å². The molecule has 1 aliphatic heterocycles. The lowest BCUT2D eigenvalue weighted by molar-refractivity contribution is 0.346. The predicted molar refractivity (Wildman–Crippen MR) is 56.0 cm³/mol. The van der Waals surface area contributed by atoms with E-state index in [2.05, 4.69) is 23.3 Å². The molecule has 0 aliphatic carbocycles. The Bertz CT molecular complexity index is 379. The van der Waals surface area contributed by atoms with Crippen LogP contribution in [0.25, 0.3) is 0 Å². The number of anilines is 1. The minimum absolute atomic E-state index is 0.723. The van der Waals surface area contributed by atoms with Gasteiger partial charge in [0.1, 0.15) is 0 Å². The summed E-state index contributed by atoms with van der Waals surface area (Å²) in [5.41, 5.74) is 3.10. The van der Waals surface area contributed by atoms with Crippen molar-refractivity contribution in [1.29, 1.82) is 5.26 Å². The first kappa shape index (κ1) is 9.04. The summed E-state index contributed by atoms with van der Waals surface area (Å²) in [4.78, 5) is 2.27. The van der Waals surface area contributed by atoms with Crippen molar-refractivity contribution in [3.05, 3.63) is 29.3 Å². The van der Waals surface area contributed by atoms with Crippen LogP contribution in [0.3, 0.4) is 0 Å². The summed E-state index contributed by atoms with van der Waals surface area (Å²) in [5, 5.41) is 12.1. The van der Waals surface area contributed by atoms with Gasteiger partial charge >= 0.3 is 0 Å². The maximum Gasteiger partial charge on any atom is 0.0992 e. The van der Waals surface area contributed by atoms with Gasteiger partial charge in [-0.15, -0.1) is 0 Å². The molecule has 0 spiro atoms. The lowest BCUT2D eigenvalue weighted by atomic mass is 10.1. The molecule has 0 fully saturated rings. The van der Waals surface area contributed by atoms with Crippen LogP contribution in [0.15, 0.2) is 18.2 Å². The van der Waals surface area contributed by atoms with Crippen LogP contribution in [-0.4, -0.2) is 25.0 Å². The predicted octanol–water partition coefficient (Wildman–Crippen LogP) is 1.42. The van der Waals surface area contributed by atoms with E-state index in [1.165, 1.54) is 5.56 Å². The van der Waals surface area contributed by atoms with Gasteiger partial charge in [-0.2, -0.15) is 5.26 Å². The average Bonchev–Trinajstić information content (AvgIpc) is 2.37. The first-order valence-corrected chi connectivity index (χ1v) is 4.75. The molecule has 1 aromatic rings. The van der Waals surface area contributed by atoms with Crippen molar-refractivity contribution < 1.29 is 0 Å². The SMILES string of the molecule is CN1CCNc2cc(C#N)ccc2C1. The van der Waals surface area contributed by atoms with Crippen LogP contribution in [0.4, 0.5) is 5.69 Å². The maximum absolute atomic E-state index is 8.77. The Hall–Kier alpha value is -1.53.